The second-order valence-electron chi connectivity index (χ2n) is 10.0. The Morgan fingerprint density at radius 1 is 1.06 bits per heavy atom. The van der Waals surface area contributed by atoms with Crippen LogP contribution in [0.1, 0.15) is 62.5 Å². The van der Waals surface area contributed by atoms with Crippen molar-refractivity contribution >= 4 is 0 Å². The molecule has 0 aliphatic carbocycles. The van der Waals surface area contributed by atoms with Gasteiger partial charge in [0.05, 0.1) is 5.69 Å². The summed E-state index contributed by atoms with van der Waals surface area (Å²) in [6.07, 6.45) is 4.64. The Balaban J connectivity index is 1.40. The Labute approximate surface area is 204 Å². The molecule has 1 fully saturated rings. The van der Waals surface area contributed by atoms with E-state index in [1.165, 1.54) is 11.1 Å². The first-order chi connectivity index (χ1) is 16.4. The minimum atomic E-state index is 0.314. The maximum Gasteiger partial charge on any atom is 0.128 e. The molecule has 4 rings (SSSR count). The molecule has 2 atom stereocenters. The van der Waals surface area contributed by atoms with E-state index >= 15 is 0 Å². The molecule has 0 spiro atoms. The average molecular weight is 459 g/mol. The molecule has 0 radical (unpaired) electrons. The van der Waals surface area contributed by atoms with Crippen molar-refractivity contribution in [2.24, 2.45) is 0 Å². The lowest BCUT2D eigenvalue weighted by atomic mass is 9.97. The van der Waals surface area contributed by atoms with Crippen LogP contribution in [0.4, 0.5) is 0 Å². The molecule has 0 saturated carbocycles. The second kappa shape index (κ2) is 11.1. The number of phenols is 1. The number of piperazine rings is 1. The normalized spacial score (nSPS) is 19.0. The van der Waals surface area contributed by atoms with Crippen LogP contribution in [0.15, 0.2) is 54.7 Å². The monoisotopic (exact) mass is 458 g/mol. The summed E-state index contributed by atoms with van der Waals surface area (Å²) < 4.78 is 0. The molecule has 34 heavy (non-hydrogen) atoms. The molecule has 1 saturated heterocycles. The van der Waals surface area contributed by atoms with Crippen LogP contribution >= 0.6 is 0 Å². The largest absolute Gasteiger partial charge is 0.508 e. The summed E-state index contributed by atoms with van der Waals surface area (Å²) in [7, 11) is 0. The van der Waals surface area contributed by atoms with Crippen molar-refractivity contribution in [1.82, 2.24) is 20.2 Å². The van der Waals surface area contributed by atoms with E-state index in [-0.39, 0.29) is 0 Å². The van der Waals surface area contributed by atoms with Crippen molar-refractivity contribution in [3.63, 3.8) is 0 Å². The van der Waals surface area contributed by atoms with Crippen LogP contribution in [0.3, 0.4) is 0 Å². The van der Waals surface area contributed by atoms with Crippen LogP contribution < -0.4 is 5.32 Å². The summed E-state index contributed by atoms with van der Waals surface area (Å²) >= 11 is 0. The number of rotatable bonds is 8. The maximum atomic E-state index is 10.1. The summed E-state index contributed by atoms with van der Waals surface area (Å²) in [6.45, 7) is 11.8. The van der Waals surface area contributed by atoms with Crippen LogP contribution in [-0.2, 0) is 19.4 Å². The number of nitrogens with one attached hydrogen (secondary N) is 1. The van der Waals surface area contributed by atoms with E-state index < -0.39 is 0 Å². The van der Waals surface area contributed by atoms with Crippen molar-refractivity contribution in [3.05, 3.63) is 77.2 Å². The van der Waals surface area contributed by atoms with Gasteiger partial charge in [-0.2, -0.15) is 0 Å². The fourth-order valence-corrected chi connectivity index (χ4v) is 4.73. The zero-order chi connectivity index (χ0) is 24.1. The Bertz CT molecular complexity index is 1100. The Kier molecular flexibility index (Phi) is 7.96. The Hall–Kier alpha value is -2.76. The summed E-state index contributed by atoms with van der Waals surface area (Å²) in [6, 6.07) is 17.8. The van der Waals surface area contributed by atoms with E-state index in [1.807, 2.05) is 24.4 Å². The second-order valence-corrected chi connectivity index (χ2v) is 10.0. The number of hydrogen-bond acceptors (Lipinski definition) is 5. The van der Waals surface area contributed by atoms with E-state index in [0.717, 1.165) is 61.5 Å². The minimum absolute atomic E-state index is 0.314. The number of phenolic OH excluding ortho intramolecular Hbond substituents is 1. The molecule has 2 heterocycles. The molecule has 3 aromatic rings. The smallest absolute Gasteiger partial charge is 0.128 e. The van der Waals surface area contributed by atoms with Crippen molar-refractivity contribution in [2.45, 2.75) is 71.5 Å². The van der Waals surface area contributed by atoms with Gasteiger partial charge in [0.25, 0.3) is 0 Å². The van der Waals surface area contributed by atoms with Crippen molar-refractivity contribution in [3.8, 4) is 17.0 Å². The number of aromatic hydroxyl groups is 1. The number of nitrogens with zero attached hydrogens (tertiary/aromatic N) is 3. The van der Waals surface area contributed by atoms with Gasteiger partial charge in [0, 0.05) is 49.9 Å². The molecular formula is C29H38N4O. The molecule has 5 nitrogen and oxygen atoms in total. The van der Waals surface area contributed by atoms with Gasteiger partial charge in [0.15, 0.2) is 0 Å². The van der Waals surface area contributed by atoms with Crippen molar-refractivity contribution < 1.29 is 5.11 Å². The van der Waals surface area contributed by atoms with Gasteiger partial charge in [0.1, 0.15) is 11.6 Å². The van der Waals surface area contributed by atoms with Gasteiger partial charge in [-0.1, -0.05) is 44.2 Å². The highest BCUT2D eigenvalue weighted by Crippen LogP contribution is 2.27. The lowest BCUT2D eigenvalue weighted by Gasteiger charge is -2.37. The highest BCUT2D eigenvalue weighted by molar-refractivity contribution is 5.59. The molecule has 0 amide bonds. The lowest BCUT2D eigenvalue weighted by molar-refractivity contribution is 0.139. The zero-order valence-electron chi connectivity index (χ0n) is 21.0. The Morgan fingerprint density at radius 3 is 2.74 bits per heavy atom. The van der Waals surface area contributed by atoms with Gasteiger partial charge in [-0.3, -0.25) is 4.90 Å². The molecule has 180 valence electrons. The number of aryl methyl sites for hydroxylation is 2. The van der Waals surface area contributed by atoms with Crippen LogP contribution in [0.5, 0.6) is 5.75 Å². The Morgan fingerprint density at radius 2 is 1.91 bits per heavy atom. The highest BCUT2D eigenvalue weighted by atomic mass is 16.3. The van der Waals surface area contributed by atoms with Crippen molar-refractivity contribution in [1.29, 1.82) is 0 Å². The number of aromatic nitrogens is 2. The summed E-state index contributed by atoms with van der Waals surface area (Å²) in [5.41, 5.74) is 5.73. The third-order valence-corrected chi connectivity index (χ3v) is 6.79. The van der Waals surface area contributed by atoms with E-state index in [4.69, 9.17) is 4.98 Å². The topological polar surface area (TPSA) is 61.3 Å². The van der Waals surface area contributed by atoms with Crippen LogP contribution in [-0.4, -0.2) is 45.1 Å². The van der Waals surface area contributed by atoms with Crippen LogP contribution in [0.25, 0.3) is 11.3 Å². The fraction of sp³-hybridized carbons (Fsp3) is 0.448. The molecular weight excluding hydrogens is 420 g/mol. The van der Waals surface area contributed by atoms with Gasteiger partial charge in [-0.25, -0.2) is 9.97 Å². The van der Waals surface area contributed by atoms with E-state index in [2.05, 4.69) is 73.2 Å². The van der Waals surface area contributed by atoms with E-state index in [9.17, 15) is 5.11 Å². The highest BCUT2D eigenvalue weighted by Gasteiger charge is 2.22. The SMILES string of the molecule is CC(C)c1cc(CCCc2nccc(-c3cccc(CN4C[C@H](C)NC[C@@H]4C)c3)n2)ccc1O. The first-order valence-electron chi connectivity index (χ1n) is 12.6. The van der Waals surface area contributed by atoms with Gasteiger partial charge < -0.3 is 10.4 Å². The summed E-state index contributed by atoms with van der Waals surface area (Å²) in [5, 5.41) is 13.6. The van der Waals surface area contributed by atoms with Gasteiger partial charge in [-0.05, 0) is 67.5 Å². The minimum Gasteiger partial charge on any atom is -0.508 e. The van der Waals surface area contributed by atoms with Crippen molar-refractivity contribution in [2.75, 3.05) is 13.1 Å². The lowest BCUT2D eigenvalue weighted by Crippen LogP contribution is -2.53. The quantitative estimate of drug-likeness (QED) is 0.478. The van der Waals surface area contributed by atoms with Crippen LogP contribution in [0.2, 0.25) is 0 Å². The third kappa shape index (κ3) is 6.22. The molecule has 0 bridgehead atoms. The molecule has 1 aliphatic rings. The van der Waals surface area contributed by atoms with Gasteiger partial charge in [0.2, 0.25) is 0 Å². The third-order valence-electron chi connectivity index (χ3n) is 6.79. The average Bonchev–Trinajstić information content (AvgIpc) is 2.83. The summed E-state index contributed by atoms with van der Waals surface area (Å²) in [5.74, 6) is 1.59. The van der Waals surface area contributed by atoms with E-state index in [1.54, 1.807) is 0 Å². The predicted molar refractivity (Wildman–Crippen MR) is 139 cm³/mol. The molecule has 2 N–H and O–H groups in total. The standard InChI is InChI=1S/C29H38N4O/c1-20(2)26-16-23(11-12-28(26)34)7-6-10-29-30-14-13-27(32-29)25-9-5-8-24(15-25)19-33-18-21(3)31-17-22(33)4/h5,8-9,11-16,20-22,31,34H,6-7,10,17-19H2,1-4H3/t21-,22-/m0/s1. The first-order valence-corrected chi connectivity index (χ1v) is 12.6. The predicted octanol–water partition coefficient (Wildman–Crippen LogP) is 5.33. The van der Waals surface area contributed by atoms with Gasteiger partial charge >= 0.3 is 0 Å². The molecule has 2 aromatic carbocycles. The molecule has 0 unspecified atom stereocenters. The molecule has 1 aromatic heterocycles. The number of benzene rings is 2. The molecule has 1 aliphatic heterocycles. The van der Waals surface area contributed by atoms with Gasteiger partial charge in [-0.15, -0.1) is 0 Å². The summed E-state index contributed by atoms with van der Waals surface area (Å²) in [4.78, 5) is 12.0. The van der Waals surface area contributed by atoms with E-state index in [0.29, 0.717) is 23.8 Å². The zero-order valence-corrected chi connectivity index (χ0v) is 21.0. The maximum absolute atomic E-state index is 10.1. The number of hydrogen-bond donors (Lipinski definition) is 2. The fourth-order valence-electron chi connectivity index (χ4n) is 4.73. The first kappa shape index (κ1) is 24.4. The molecule has 5 heteroatoms. The van der Waals surface area contributed by atoms with Crippen LogP contribution in [0, 0.1) is 0 Å².